The number of hydrogen-bond donors (Lipinski definition) is 2. The monoisotopic (exact) mass is 499 g/mol. The Morgan fingerprint density at radius 2 is 1.86 bits per heavy atom. The second kappa shape index (κ2) is 11.0. The van der Waals surface area contributed by atoms with Gasteiger partial charge in [0.1, 0.15) is 11.6 Å². The predicted octanol–water partition coefficient (Wildman–Crippen LogP) is 2.65. The average molecular weight is 500 g/mol. The first-order chi connectivity index (χ1) is 17.0. The zero-order chi connectivity index (χ0) is 26.8. The highest BCUT2D eigenvalue weighted by atomic mass is 16.2. The van der Waals surface area contributed by atoms with Gasteiger partial charge in [0.15, 0.2) is 0 Å². The molecule has 1 aromatic heterocycles. The average Bonchev–Trinajstić information content (AvgIpc) is 3.07. The number of imidazole rings is 1. The summed E-state index contributed by atoms with van der Waals surface area (Å²) < 4.78 is 3.05. The number of carbonyl (C=O) groups is 3. The van der Waals surface area contributed by atoms with Crippen LogP contribution >= 0.6 is 0 Å². The SMILES string of the molecule is CCCCC(Cc1cccc2c1n(C)c(=O)n2C1CCC(=O)NC1=O)(NC)C(=O)N(C(C)C)C(C)C. The van der Waals surface area contributed by atoms with Crippen molar-refractivity contribution < 1.29 is 14.4 Å². The number of nitrogens with zero attached hydrogens (tertiary/aromatic N) is 3. The van der Waals surface area contributed by atoms with E-state index in [0.717, 1.165) is 18.4 Å². The number of fused-ring (bicyclic) bond motifs is 1. The Morgan fingerprint density at radius 3 is 2.42 bits per heavy atom. The molecule has 1 saturated heterocycles. The lowest BCUT2D eigenvalue weighted by Gasteiger charge is -2.41. The Kier molecular flexibility index (Phi) is 8.44. The summed E-state index contributed by atoms with van der Waals surface area (Å²) in [5.74, 6) is -0.730. The smallest absolute Gasteiger partial charge is 0.329 e. The summed E-state index contributed by atoms with van der Waals surface area (Å²) in [5.41, 5.74) is 1.05. The number of nitrogens with one attached hydrogen (secondary N) is 2. The molecule has 1 aliphatic rings. The molecule has 0 radical (unpaired) electrons. The normalized spacial score (nSPS) is 18.1. The molecular weight excluding hydrogens is 458 g/mol. The molecule has 2 atom stereocenters. The Bertz CT molecular complexity index is 1190. The van der Waals surface area contributed by atoms with E-state index in [9.17, 15) is 19.2 Å². The van der Waals surface area contributed by atoms with Gasteiger partial charge >= 0.3 is 5.69 Å². The number of unbranched alkanes of at least 4 members (excludes halogenated alkanes) is 1. The zero-order valence-electron chi connectivity index (χ0n) is 22.7. The molecule has 2 N–H and O–H groups in total. The van der Waals surface area contributed by atoms with Gasteiger partial charge in [-0.3, -0.25) is 28.8 Å². The molecule has 0 spiro atoms. The van der Waals surface area contributed by atoms with Crippen LogP contribution in [0.5, 0.6) is 0 Å². The van der Waals surface area contributed by atoms with Crippen LogP contribution in [-0.2, 0) is 27.9 Å². The van der Waals surface area contributed by atoms with Gasteiger partial charge in [-0.25, -0.2) is 4.79 Å². The maximum Gasteiger partial charge on any atom is 0.329 e. The summed E-state index contributed by atoms with van der Waals surface area (Å²) in [6.45, 7) is 10.2. The number of aromatic nitrogens is 2. The van der Waals surface area contributed by atoms with E-state index in [0.29, 0.717) is 23.9 Å². The van der Waals surface area contributed by atoms with E-state index in [-0.39, 0.29) is 42.4 Å². The van der Waals surface area contributed by atoms with E-state index in [1.807, 2.05) is 57.8 Å². The van der Waals surface area contributed by atoms with E-state index >= 15 is 0 Å². The van der Waals surface area contributed by atoms with Crippen LogP contribution in [-0.4, -0.2) is 56.4 Å². The lowest BCUT2D eigenvalue weighted by molar-refractivity contribution is -0.142. The summed E-state index contributed by atoms with van der Waals surface area (Å²) in [6.07, 6.45) is 3.36. The maximum atomic E-state index is 14.1. The molecule has 9 nitrogen and oxygen atoms in total. The second-order valence-electron chi connectivity index (χ2n) is 10.5. The molecule has 9 heteroatoms. The molecule has 1 fully saturated rings. The van der Waals surface area contributed by atoms with Crippen molar-refractivity contribution in [2.75, 3.05) is 7.05 Å². The number of hydrogen-bond acceptors (Lipinski definition) is 5. The summed E-state index contributed by atoms with van der Waals surface area (Å²) >= 11 is 0. The van der Waals surface area contributed by atoms with Crippen LogP contribution in [0.2, 0.25) is 0 Å². The summed E-state index contributed by atoms with van der Waals surface area (Å²) in [4.78, 5) is 53.7. The number of para-hydroxylation sites is 1. The van der Waals surface area contributed by atoms with Crippen molar-refractivity contribution in [2.45, 2.75) is 96.8 Å². The Labute approximate surface area is 213 Å². The van der Waals surface area contributed by atoms with Crippen LogP contribution in [0.3, 0.4) is 0 Å². The highest BCUT2D eigenvalue weighted by molar-refractivity contribution is 6.00. The number of benzene rings is 1. The van der Waals surface area contributed by atoms with Crippen molar-refractivity contribution in [3.05, 3.63) is 34.2 Å². The molecule has 3 rings (SSSR count). The number of piperidine rings is 1. The fourth-order valence-corrected chi connectivity index (χ4v) is 5.60. The Hall–Kier alpha value is -2.94. The van der Waals surface area contributed by atoms with Crippen LogP contribution in [0.4, 0.5) is 0 Å². The van der Waals surface area contributed by atoms with Crippen LogP contribution in [0.1, 0.15) is 78.3 Å². The molecule has 0 aliphatic carbocycles. The Balaban J connectivity index is 2.15. The minimum atomic E-state index is -0.842. The van der Waals surface area contributed by atoms with Crippen LogP contribution < -0.4 is 16.3 Å². The van der Waals surface area contributed by atoms with E-state index in [4.69, 9.17) is 0 Å². The third-order valence-electron chi connectivity index (χ3n) is 7.39. The third kappa shape index (κ3) is 4.98. The van der Waals surface area contributed by atoms with Gasteiger partial charge in [-0.1, -0.05) is 31.9 Å². The summed E-state index contributed by atoms with van der Waals surface area (Å²) in [7, 11) is 3.53. The van der Waals surface area contributed by atoms with Crippen molar-refractivity contribution >= 4 is 28.8 Å². The van der Waals surface area contributed by atoms with Crippen LogP contribution in [0.15, 0.2) is 23.0 Å². The summed E-state index contributed by atoms with van der Waals surface area (Å²) in [6, 6.07) is 4.99. The van der Waals surface area contributed by atoms with E-state index in [1.165, 1.54) is 4.57 Å². The topological polar surface area (TPSA) is 105 Å². The van der Waals surface area contributed by atoms with E-state index in [2.05, 4.69) is 17.6 Å². The van der Waals surface area contributed by atoms with Crippen molar-refractivity contribution in [3.8, 4) is 0 Å². The maximum absolute atomic E-state index is 14.1. The second-order valence-corrected chi connectivity index (χ2v) is 10.5. The Morgan fingerprint density at radius 1 is 1.19 bits per heavy atom. The number of rotatable bonds is 10. The molecule has 2 heterocycles. The first-order valence-corrected chi connectivity index (χ1v) is 13.0. The van der Waals surface area contributed by atoms with Crippen molar-refractivity contribution in [2.24, 2.45) is 7.05 Å². The molecule has 0 bridgehead atoms. The van der Waals surface area contributed by atoms with Crippen molar-refractivity contribution in [3.63, 3.8) is 0 Å². The van der Waals surface area contributed by atoms with Crippen LogP contribution in [0.25, 0.3) is 11.0 Å². The standard InChI is InChI=1S/C27H41N5O4/c1-8-9-15-27(28-6,25(35)31(17(2)3)18(4)5)16-19-11-10-12-20-23(19)30(7)26(36)32(20)21-13-14-22(33)29-24(21)34/h10-12,17-18,21,28H,8-9,13-16H2,1-7H3,(H,29,33,34). The fourth-order valence-electron chi connectivity index (χ4n) is 5.60. The first kappa shape index (κ1) is 27.6. The lowest BCUT2D eigenvalue weighted by atomic mass is 9.83. The number of amides is 3. The first-order valence-electron chi connectivity index (χ1n) is 13.0. The lowest BCUT2D eigenvalue weighted by Crippen LogP contribution is -2.61. The molecule has 36 heavy (non-hydrogen) atoms. The van der Waals surface area contributed by atoms with Gasteiger partial charge in [0.2, 0.25) is 17.7 Å². The molecular formula is C27H41N5O4. The van der Waals surface area contributed by atoms with E-state index < -0.39 is 17.5 Å². The predicted molar refractivity (Wildman–Crippen MR) is 141 cm³/mol. The quantitative estimate of drug-likeness (QED) is 0.489. The summed E-state index contributed by atoms with van der Waals surface area (Å²) in [5, 5.41) is 5.74. The molecule has 2 unspecified atom stereocenters. The number of imide groups is 1. The molecule has 1 aliphatic heterocycles. The fraction of sp³-hybridized carbons (Fsp3) is 0.630. The number of aryl methyl sites for hydroxylation is 1. The number of carbonyl (C=O) groups excluding carboxylic acids is 3. The third-order valence-corrected chi connectivity index (χ3v) is 7.39. The minimum absolute atomic E-state index is 0.0422. The van der Waals surface area contributed by atoms with Gasteiger partial charge in [0.25, 0.3) is 0 Å². The molecule has 0 saturated carbocycles. The van der Waals surface area contributed by atoms with E-state index in [1.54, 1.807) is 11.6 Å². The van der Waals surface area contributed by atoms with Gasteiger partial charge in [0.05, 0.1) is 11.0 Å². The van der Waals surface area contributed by atoms with Gasteiger partial charge in [-0.2, -0.15) is 0 Å². The largest absolute Gasteiger partial charge is 0.336 e. The van der Waals surface area contributed by atoms with Crippen molar-refractivity contribution in [1.29, 1.82) is 0 Å². The molecule has 1 aromatic carbocycles. The number of likely N-dealkylation sites (N-methyl/N-ethyl adjacent to an activating group) is 1. The zero-order valence-corrected chi connectivity index (χ0v) is 22.7. The minimum Gasteiger partial charge on any atom is -0.336 e. The van der Waals surface area contributed by atoms with Gasteiger partial charge in [-0.15, -0.1) is 0 Å². The van der Waals surface area contributed by atoms with Crippen LogP contribution in [0, 0.1) is 0 Å². The highest BCUT2D eigenvalue weighted by Crippen LogP contribution is 2.30. The highest BCUT2D eigenvalue weighted by Gasteiger charge is 2.42. The van der Waals surface area contributed by atoms with Crippen molar-refractivity contribution in [1.82, 2.24) is 24.7 Å². The molecule has 3 amide bonds. The molecule has 198 valence electrons. The molecule has 2 aromatic rings. The van der Waals surface area contributed by atoms with Gasteiger partial charge in [0, 0.05) is 32.0 Å². The van der Waals surface area contributed by atoms with Gasteiger partial charge < -0.3 is 10.2 Å². The van der Waals surface area contributed by atoms with Gasteiger partial charge in [-0.05, 0) is 59.2 Å².